The third kappa shape index (κ3) is 2.73. The van der Waals surface area contributed by atoms with Crippen LogP contribution in [0.3, 0.4) is 0 Å². The van der Waals surface area contributed by atoms with E-state index in [2.05, 4.69) is 5.32 Å². The molecule has 104 valence electrons. The van der Waals surface area contributed by atoms with Crippen LogP contribution in [0.15, 0.2) is 18.2 Å². The van der Waals surface area contributed by atoms with Gasteiger partial charge in [0, 0.05) is 6.07 Å². The van der Waals surface area contributed by atoms with Crippen LogP contribution in [0.2, 0.25) is 0 Å². The fourth-order valence-corrected chi connectivity index (χ4v) is 2.53. The summed E-state index contributed by atoms with van der Waals surface area (Å²) in [6, 6.07) is 5.32. The largest absolute Gasteiger partial charge is 0.497 e. The molecule has 4 nitrogen and oxygen atoms in total. The first kappa shape index (κ1) is 13.9. The average molecular weight is 263 g/mol. The molecule has 1 heterocycles. The number of Topliss-reactive ketones (excluding diaryl/α,β-unsaturated/α-hetero) is 1. The molecule has 1 fully saturated rings. The topological polar surface area (TPSA) is 47.6 Å². The summed E-state index contributed by atoms with van der Waals surface area (Å²) in [6.45, 7) is 2.86. The van der Waals surface area contributed by atoms with Crippen LogP contribution >= 0.6 is 0 Å². The molecule has 0 aliphatic carbocycles. The van der Waals surface area contributed by atoms with Gasteiger partial charge in [0.25, 0.3) is 0 Å². The van der Waals surface area contributed by atoms with Gasteiger partial charge in [0.2, 0.25) is 0 Å². The molecule has 1 aliphatic heterocycles. The molecule has 0 saturated carbocycles. The first-order valence-corrected chi connectivity index (χ1v) is 6.62. The highest BCUT2D eigenvalue weighted by atomic mass is 16.5. The number of carbonyl (C=O) groups excluding carboxylic acids is 1. The monoisotopic (exact) mass is 263 g/mol. The van der Waals surface area contributed by atoms with Crippen LogP contribution in [0.5, 0.6) is 11.5 Å². The summed E-state index contributed by atoms with van der Waals surface area (Å²) < 4.78 is 10.5. The number of carbonyl (C=O) groups is 1. The molecule has 0 radical (unpaired) electrons. The van der Waals surface area contributed by atoms with Crippen molar-refractivity contribution in [3.63, 3.8) is 0 Å². The molecule has 1 aromatic carbocycles. The predicted molar refractivity (Wildman–Crippen MR) is 74.1 cm³/mol. The quantitative estimate of drug-likeness (QED) is 0.847. The molecule has 2 rings (SSSR count). The molecule has 1 unspecified atom stereocenters. The third-order valence-electron chi connectivity index (χ3n) is 3.77. The highest BCUT2D eigenvalue weighted by Crippen LogP contribution is 2.30. The minimum absolute atomic E-state index is 0.0895. The van der Waals surface area contributed by atoms with E-state index < -0.39 is 5.54 Å². The number of benzene rings is 1. The second-order valence-corrected chi connectivity index (χ2v) is 5.11. The van der Waals surface area contributed by atoms with Crippen molar-refractivity contribution in [3.8, 4) is 11.5 Å². The Kier molecular flexibility index (Phi) is 4.10. The van der Waals surface area contributed by atoms with Gasteiger partial charge in [0.1, 0.15) is 11.5 Å². The van der Waals surface area contributed by atoms with Gasteiger partial charge in [-0.05, 0) is 44.9 Å². The maximum Gasteiger partial charge on any atom is 0.186 e. The second-order valence-electron chi connectivity index (χ2n) is 5.11. The molecule has 1 aromatic rings. The normalized spacial score (nSPS) is 22.9. The summed E-state index contributed by atoms with van der Waals surface area (Å²) in [5, 5.41) is 3.34. The van der Waals surface area contributed by atoms with Gasteiger partial charge in [-0.3, -0.25) is 4.79 Å². The molecular weight excluding hydrogens is 242 g/mol. The van der Waals surface area contributed by atoms with E-state index in [-0.39, 0.29) is 5.78 Å². The number of ketones is 1. The molecule has 4 heteroatoms. The lowest BCUT2D eigenvalue weighted by atomic mass is 9.83. The second kappa shape index (κ2) is 5.61. The van der Waals surface area contributed by atoms with Gasteiger partial charge in [0.15, 0.2) is 5.78 Å². The summed E-state index contributed by atoms with van der Waals surface area (Å²) in [4.78, 5) is 12.7. The van der Waals surface area contributed by atoms with Crippen LogP contribution in [0.4, 0.5) is 0 Å². The number of methoxy groups -OCH3 is 2. The Morgan fingerprint density at radius 3 is 2.63 bits per heavy atom. The van der Waals surface area contributed by atoms with Gasteiger partial charge >= 0.3 is 0 Å². The maximum absolute atomic E-state index is 12.7. The van der Waals surface area contributed by atoms with E-state index in [9.17, 15) is 4.79 Å². The Balaban J connectivity index is 2.32. The van der Waals surface area contributed by atoms with E-state index in [1.54, 1.807) is 32.4 Å². The van der Waals surface area contributed by atoms with Crippen LogP contribution in [0, 0.1) is 0 Å². The van der Waals surface area contributed by atoms with Crippen LogP contribution < -0.4 is 14.8 Å². The minimum atomic E-state index is -0.486. The number of piperidine rings is 1. The molecule has 0 amide bonds. The predicted octanol–water partition coefficient (Wildman–Crippen LogP) is 2.42. The number of nitrogens with one attached hydrogen (secondary N) is 1. The van der Waals surface area contributed by atoms with Crippen molar-refractivity contribution in [1.82, 2.24) is 5.32 Å². The molecular formula is C15H21NO3. The summed E-state index contributed by atoms with van der Waals surface area (Å²) in [6.07, 6.45) is 3.07. The first-order valence-electron chi connectivity index (χ1n) is 6.62. The smallest absolute Gasteiger partial charge is 0.186 e. The van der Waals surface area contributed by atoms with Crippen LogP contribution in [-0.4, -0.2) is 32.1 Å². The molecule has 1 N–H and O–H groups in total. The van der Waals surface area contributed by atoms with E-state index in [1.165, 1.54) is 0 Å². The summed E-state index contributed by atoms with van der Waals surface area (Å²) in [5.74, 6) is 1.35. The van der Waals surface area contributed by atoms with Gasteiger partial charge in [-0.15, -0.1) is 0 Å². The van der Waals surface area contributed by atoms with Crippen molar-refractivity contribution in [2.45, 2.75) is 31.7 Å². The van der Waals surface area contributed by atoms with Gasteiger partial charge in [-0.25, -0.2) is 0 Å². The van der Waals surface area contributed by atoms with E-state index in [4.69, 9.17) is 9.47 Å². The summed E-state index contributed by atoms with van der Waals surface area (Å²) in [5.41, 5.74) is 0.125. The van der Waals surface area contributed by atoms with Crippen molar-refractivity contribution < 1.29 is 14.3 Å². The number of rotatable bonds is 4. The standard InChI is InChI=1S/C15H21NO3/c1-15(8-4-5-9-16-15)14(17)12-7-6-11(18-2)10-13(12)19-3/h6-7,10,16H,4-5,8-9H2,1-3H3. The SMILES string of the molecule is COc1ccc(C(=O)C2(C)CCCCN2)c(OC)c1. The maximum atomic E-state index is 12.7. The Labute approximate surface area is 114 Å². The van der Waals surface area contributed by atoms with Crippen LogP contribution in [0.1, 0.15) is 36.5 Å². The van der Waals surface area contributed by atoms with Crippen molar-refractivity contribution >= 4 is 5.78 Å². The van der Waals surface area contributed by atoms with E-state index >= 15 is 0 Å². The Hall–Kier alpha value is -1.55. The zero-order valence-electron chi connectivity index (χ0n) is 11.8. The average Bonchev–Trinajstić information content (AvgIpc) is 2.46. The van der Waals surface area contributed by atoms with E-state index in [1.807, 2.05) is 6.92 Å². The van der Waals surface area contributed by atoms with Gasteiger partial charge in [0.05, 0.1) is 25.3 Å². The van der Waals surface area contributed by atoms with E-state index in [0.717, 1.165) is 25.8 Å². The number of hydrogen-bond acceptors (Lipinski definition) is 4. The Morgan fingerprint density at radius 1 is 1.26 bits per heavy atom. The lowest BCUT2D eigenvalue weighted by Crippen LogP contribution is -2.52. The van der Waals surface area contributed by atoms with Crippen molar-refractivity contribution in [1.29, 1.82) is 0 Å². The van der Waals surface area contributed by atoms with Crippen LogP contribution in [-0.2, 0) is 0 Å². The van der Waals surface area contributed by atoms with Crippen molar-refractivity contribution in [2.24, 2.45) is 0 Å². The Morgan fingerprint density at radius 2 is 2.05 bits per heavy atom. The molecule has 0 spiro atoms. The lowest BCUT2D eigenvalue weighted by molar-refractivity contribution is 0.0831. The van der Waals surface area contributed by atoms with Gasteiger partial charge in [-0.1, -0.05) is 0 Å². The van der Waals surface area contributed by atoms with E-state index in [0.29, 0.717) is 17.1 Å². The summed E-state index contributed by atoms with van der Waals surface area (Å²) in [7, 11) is 3.17. The fraction of sp³-hybridized carbons (Fsp3) is 0.533. The number of hydrogen-bond donors (Lipinski definition) is 1. The molecule has 0 aromatic heterocycles. The zero-order chi connectivity index (χ0) is 13.9. The summed E-state index contributed by atoms with van der Waals surface area (Å²) >= 11 is 0. The first-order chi connectivity index (χ1) is 9.10. The lowest BCUT2D eigenvalue weighted by Gasteiger charge is -2.33. The van der Waals surface area contributed by atoms with Crippen molar-refractivity contribution in [3.05, 3.63) is 23.8 Å². The third-order valence-corrected chi connectivity index (χ3v) is 3.77. The zero-order valence-corrected chi connectivity index (χ0v) is 11.8. The van der Waals surface area contributed by atoms with Gasteiger partial charge < -0.3 is 14.8 Å². The minimum Gasteiger partial charge on any atom is -0.497 e. The van der Waals surface area contributed by atoms with Gasteiger partial charge in [-0.2, -0.15) is 0 Å². The highest BCUT2D eigenvalue weighted by molar-refractivity contribution is 6.05. The highest BCUT2D eigenvalue weighted by Gasteiger charge is 2.36. The fourth-order valence-electron chi connectivity index (χ4n) is 2.53. The molecule has 0 bridgehead atoms. The van der Waals surface area contributed by atoms with Crippen LogP contribution in [0.25, 0.3) is 0 Å². The molecule has 1 atom stereocenters. The molecule has 1 saturated heterocycles. The number of ether oxygens (including phenoxy) is 2. The Bertz CT molecular complexity index is 464. The molecule has 19 heavy (non-hydrogen) atoms. The molecule has 1 aliphatic rings. The van der Waals surface area contributed by atoms with Crippen molar-refractivity contribution in [2.75, 3.05) is 20.8 Å².